The quantitative estimate of drug-likeness (QED) is 0.0635. The Bertz CT molecular complexity index is 3440. The van der Waals surface area contributed by atoms with E-state index in [2.05, 4.69) is 72.8 Å². The highest BCUT2D eigenvalue weighted by atomic mass is 32.2. The van der Waals surface area contributed by atoms with Gasteiger partial charge in [-0.1, -0.05) is 50.2 Å². The van der Waals surface area contributed by atoms with Gasteiger partial charge in [-0.05, 0) is 160 Å². The summed E-state index contributed by atoms with van der Waals surface area (Å²) in [7, 11) is -3.51. The van der Waals surface area contributed by atoms with Crippen LogP contribution in [0.25, 0.3) is 16.9 Å². The van der Waals surface area contributed by atoms with Gasteiger partial charge in [0.05, 0.1) is 34.4 Å². The highest BCUT2D eigenvalue weighted by Gasteiger charge is 2.50. The molecule has 81 heavy (non-hydrogen) atoms. The highest BCUT2D eigenvalue weighted by Crippen LogP contribution is 2.54. The number of hydrogen-bond acceptors (Lipinski definition) is 13. The minimum atomic E-state index is -4.76. The number of carbonyl (C=O) groups excluding carboxylic acids is 1. The number of ether oxygens (including phenoxy) is 2. The van der Waals surface area contributed by atoms with E-state index in [1.807, 2.05) is 31.2 Å². The molecular weight excluding hydrogens is 1060 g/mol. The number of imidazole rings is 1. The smallest absolute Gasteiger partial charge is 0.268 e. The van der Waals surface area contributed by atoms with E-state index in [0.717, 1.165) is 70.3 Å². The molecule has 2 saturated carbocycles. The normalized spacial score (nSPS) is 21.9. The van der Waals surface area contributed by atoms with Gasteiger partial charge in [-0.2, -0.15) is 0 Å². The van der Waals surface area contributed by atoms with Gasteiger partial charge in [-0.3, -0.25) is 14.6 Å². The molecule has 19 heteroatoms. The standard InChI is InChI=1S/C62H72F3N8O7S/c1-38(2)46-8-6-7-9-47(46)53-36-71(35-41-10-14-45(15-11-41)79-39(3)63)26-27-73(53)44-32-62(33-44)22-24-72(25-23-62)43-13-16-48(54(29-43)80-55-30-49-42(28-51(55)65)12-17-50(49)64)60(74)69-81(77,78)56-31-52(70(5)76)57(59-58(56)67-37-68-59)66-34-40-18-20-61(4,75)21-19-40/h6-11,13-17,28-31,37-40,44,53,66,75H,12,18-27,32-36H2,1-5H3,(H,67,68)(H,69,74)/q-1/t39?,40?,53-,61?/m0/s1. The van der Waals surface area contributed by atoms with Crippen LogP contribution in [0.15, 0.2) is 102 Å². The first kappa shape index (κ1) is 56.2. The van der Waals surface area contributed by atoms with Crippen molar-refractivity contribution < 1.29 is 41.0 Å². The number of carbonyl (C=O) groups is 1. The van der Waals surface area contributed by atoms with Crippen molar-refractivity contribution in [3.8, 4) is 17.2 Å². The molecule has 2 atom stereocenters. The number of amides is 1. The summed E-state index contributed by atoms with van der Waals surface area (Å²) in [5.41, 5.74) is 4.95. The summed E-state index contributed by atoms with van der Waals surface area (Å²) < 4.78 is 86.8. The number of allylic oxidation sites excluding steroid dienone is 1. The summed E-state index contributed by atoms with van der Waals surface area (Å²) in [4.78, 5) is 28.8. The summed E-state index contributed by atoms with van der Waals surface area (Å²) in [5.74, 6) is -1.78. The second kappa shape index (κ2) is 22.6. The number of aromatic nitrogens is 2. The van der Waals surface area contributed by atoms with E-state index in [1.54, 1.807) is 12.1 Å². The van der Waals surface area contributed by atoms with Gasteiger partial charge >= 0.3 is 0 Å². The maximum absolute atomic E-state index is 15.9. The topological polar surface area (TPSA) is 179 Å². The average Bonchev–Trinajstić information content (AvgIpc) is 4.21. The van der Waals surface area contributed by atoms with Crippen LogP contribution < -0.4 is 29.5 Å². The fourth-order valence-corrected chi connectivity index (χ4v) is 14.3. The number of nitrogens with one attached hydrogen (secondary N) is 3. The number of fused-ring (bicyclic) bond motifs is 2. The van der Waals surface area contributed by atoms with Crippen molar-refractivity contribution in [2.45, 2.75) is 127 Å². The van der Waals surface area contributed by atoms with Crippen LogP contribution in [0.2, 0.25) is 0 Å². The van der Waals surface area contributed by atoms with E-state index in [0.29, 0.717) is 72.2 Å². The number of piperazine rings is 1. The van der Waals surface area contributed by atoms with Crippen LogP contribution in [0.4, 0.5) is 30.2 Å². The molecule has 5 aliphatic rings. The molecule has 1 amide bonds. The SMILES string of the molecule is CC(F)Oc1ccc(CN2CCN(C3CC4(CCN(c5ccc(C(=O)NS(=O)(=O)c6cc(N(C)[O-])c(NCC7CCC(C)(O)CC7)c7[nH]cnc67)c(Oc6cc7c(cc6F)CC=C7F)c5)CC4)C3)[C@H](c3ccccc3C(C)C)C2)cc1. The predicted octanol–water partition coefficient (Wildman–Crippen LogP) is 11.9. The monoisotopic (exact) mass is 1130 g/mol. The molecule has 2 aliphatic heterocycles. The lowest BCUT2D eigenvalue weighted by Gasteiger charge is -2.58. The van der Waals surface area contributed by atoms with E-state index in [1.165, 1.54) is 61.8 Å². The largest absolute Gasteiger partial charge is 0.758 e. The van der Waals surface area contributed by atoms with Crippen molar-refractivity contribution in [2.24, 2.45) is 11.3 Å². The van der Waals surface area contributed by atoms with Crippen molar-refractivity contribution in [3.05, 3.63) is 142 Å². The molecule has 1 spiro atoms. The minimum Gasteiger partial charge on any atom is -0.758 e. The van der Waals surface area contributed by atoms with Gasteiger partial charge in [-0.25, -0.2) is 31.3 Å². The van der Waals surface area contributed by atoms with Crippen LogP contribution in [0, 0.1) is 22.4 Å². The molecule has 15 nitrogen and oxygen atoms in total. The summed E-state index contributed by atoms with van der Waals surface area (Å²) in [6.07, 6.45) is 8.25. The zero-order valence-electron chi connectivity index (χ0n) is 46.6. The molecule has 1 unspecified atom stereocenters. The third-order valence-corrected chi connectivity index (χ3v) is 19.0. The van der Waals surface area contributed by atoms with Gasteiger partial charge in [0.2, 0.25) is 6.36 Å². The number of alkyl halides is 1. The Labute approximate surface area is 472 Å². The number of benzene rings is 5. The Morgan fingerprint density at radius 1 is 0.951 bits per heavy atom. The Morgan fingerprint density at radius 2 is 1.69 bits per heavy atom. The Balaban J connectivity index is 0.810. The van der Waals surface area contributed by atoms with Gasteiger partial charge in [0.15, 0.2) is 11.6 Å². The Kier molecular flexibility index (Phi) is 15.7. The van der Waals surface area contributed by atoms with Gasteiger partial charge < -0.3 is 40.1 Å². The maximum atomic E-state index is 15.9. The average molecular weight is 1130 g/mol. The molecular formula is C62H72F3N8O7S-. The van der Waals surface area contributed by atoms with Crippen LogP contribution >= 0.6 is 0 Å². The molecule has 11 rings (SSSR count). The first-order valence-corrected chi connectivity index (χ1v) is 29.9. The second-order valence-corrected chi connectivity index (χ2v) is 25.4. The zero-order valence-corrected chi connectivity index (χ0v) is 47.4. The van der Waals surface area contributed by atoms with Gasteiger partial charge in [0.25, 0.3) is 15.9 Å². The van der Waals surface area contributed by atoms with Crippen molar-refractivity contribution in [1.29, 1.82) is 0 Å². The molecule has 0 radical (unpaired) electrons. The number of hydrogen-bond donors (Lipinski definition) is 4. The van der Waals surface area contributed by atoms with E-state index >= 15 is 4.39 Å². The number of hydroxylamine groups is 1. The lowest BCUT2D eigenvalue weighted by Crippen LogP contribution is -2.60. The molecule has 4 fully saturated rings. The highest BCUT2D eigenvalue weighted by molar-refractivity contribution is 7.90. The number of piperidine rings is 1. The number of rotatable bonds is 17. The third kappa shape index (κ3) is 11.9. The fraction of sp³-hybridized carbons (Fsp3) is 0.452. The molecule has 6 aromatic rings. The van der Waals surface area contributed by atoms with Crippen LogP contribution in [0.1, 0.15) is 129 Å². The Hall–Kier alpha value is -6.64. The number of aliphatic hydroxyl groups is 1. The minimum absolute atomic E-state index is 0.00205. The predicted molar refractivity (Wildman–Crippen MR) is 309 cm³/mol. The third-order valence-electron chi connectivity index (χ3n) is 17.7. The number of halogens is 3. The first-order chi connectivity index (χ1) is 38.7. The molecule has 1 aromatic heterocycles. The van der Waals surface area contributed by atoms with Crippen molar-refractivity contribution >= 4 is 49.9 Å². The van der Waals surface area contributed by atoms with E-state index in [4.69, 9.17) is 9.47 Å². The van der Waals surface area contributed by atoms with Crippen LogP contribution in [0.5, 0.6) is 17.2 Å². The van der Waals surface area contributed by atoms with Gasteiger partial charge in [0.1, 0.15) is 27.7 Å². The second-order valence-electron chi connectivity index (χ2n) is 23.8. The molecule has 430 valence electrons. The number of sulfonamides is 1. The maximum Gasteiger partial charge on any atom is 0.268 e. The molecule has 0 bridgehead atoms. The van der Waals surface area contributed by atoms with E-state index < -0.39 is 44.4 Å². The van der Waals surface area contributed by atoms with E-state index in [9.17, 15) is 32.3 Å². The van der Waals surface area contributed by atoms with Crippen molar-refractivity contribution in [1.82, 2.24) is 24.5 Å². The Morgan fingerprint density at radius 3 is 2.41 bits per heavy atom. The number of nitrogens with zero attached hydrogens (tertiary/aromatic N) is 5. The fourth-order valence-electron chi connectivity index (χ4n) is 13.1. The molecule has 3 aliphatic carbocycles. The lowest BCUT2D eigenvalue weighted by molar-refractivity contribution is -0.0628. The van der Waals surface area contributed by atoms with E-state index in [-0.39, 0.29) is 63.1 Å². The van der Waals surface area contributed by atoms with Crippen molar-refractivity contribution in [2.75, 3.05) is 61.6 Å². The van der Waals surface area contributed by atoms with Crippen LogP contribution in [-0.2, 0) is 23.0 Å². The first-order valence-electron chi connectivity index (χ1n) is 28.4. The molecule has 4 N–H and O–H groups in total. The summed E-state index contributed by atoms with van der Waals surface area (Å²) in [6.45, 7) is 13.0. The van der Waals surface area contributed by atoms with Gasteiger partial charge in [0, 0.05) is 82.1 Å². The number of aromatic amines is 1. The molecule has 2 saturated heterocycles. The summed E-state index contributed by atoms with van der Waals surface area (Å²) >= 11 is 0. The van der Waals surface area contributed by atoms with Crippen LogP contribution in [0.3, 0.4) is 0 Å². The zero-order chi connectivity index (χ0) is 57.0. The van der Waals surface area contributed by atoms with Gasteiger partial charge in [-0.15, -0.1) is 0 Å². The van der Waals surface area contributed by atoms with Crippen molar-refractivity contribution in [3.63, 3.8) is 0 Å². The number of anilines is 3. The summed E-state index contributed by atoms with van der Waals surface area (Å²) in [6, 6.07) is 25.5. The van der Waals surface area contributed by atoms with Crippen LogP contribution in [-0.4, -0.2) is 104 Å². The summed E-state index contributed by atoms with van der Waals surface area (Å²) in [5, 5.41) is 27.5. The lowest BCUT2D eigenvalue weighted by atomic mass is 9.59. The molecule has 5 aromatic carbocycles. The number of H-pyrrole nitrogens is 1. The molecule has 3 heterocycles.